The molecule has 288 valence electrons. The van der Waals surface area contributed by atoms with Crippen LogP contribution >= 0.6 is 0 Å². The van der Waals surface area contributed by atoms with Crippen LogP contribution in [0.5, 0.6) is 11.5 Å². The summed E-state index contributed by atoms with van der Waals surface area (Å²) in [6.45, 7) is 5.86. The van der Waals surface area contributed by atoms with Crippen molar-refractivity contribution < 1.29 is 42.8 Å². The van der Waals surface area contributed by atoms with Crippen molar-refractivity contribution in [3.05, 3.63) is 118 Å². The highest BCUT2D eigenvalue weighted by Crippen LogP contribution is 2.44. The van der Waals surface area contributed by atoms with Gasteiger partial charge in [-0.1, -0.05) is 87.2 Å². The summed E-state index contributed by atoms with van der Waals surface area (Å²) in [5.41, 5.74) is 3.54. The van der Waals surface area contributed by atoms with Crippen molar-refractivity contribution in [3.8, 4) is 11.5 Å². The number of carbonyl (C=O) groups excluding carboxylic acids is 1. The molecule has 3 aromatic carbocycles. The fraction of sp³-hybridized carbons (Fsp3) is 0.439. The average molecular weight is 744 g/mol. The smallest absolute Gasteiger partial charge is 0.497 e. The first-order valence-electron chi connectivity index (χ1n) is 18.4. The van der Waals surface area contributed by atoms with E-state index >= 15 is 0 Å². The molecule has 4 aromatic rings. The Morgan fingerprint density at radius 2 is 1.43 bits per heavy atom. The SMILES string of the molecule is CCCCCCCOC(=O)OC[C@H]1O[C@@H](n2ccc(NOC(c3ccccc3)(c3ccc(OC)cc3)c3ccc(OC)cc3)nc2=O)[C@H]2OC(C)(C)OC12. The Kier molecular flexibility index (Phi) is 12.5. The molecule has 0 amide bonds. The van der Waals surface area contributed by atoms with Crippen LogP contribution in [0.3, 0.4) is 0 Å². The quantitative estimate of drug-likeness (QED) is 0.0509. The first-order valence-corrected chi connectivity index (χ1v) is 18.4. The van der Waals surface area contributed by atoms with Crippen LogP contribution in [0.1, 0.15) is 75.8 Å². The number of rotatable bonds is 17. The molecule has 54 heavy (non-hydrogen) atoms. The molecule has 13 heteroatoms. The number of carbonyl (C=O) groups is 1. The molecule has 6 rings (SSSR count). The Balaban J connectivity index is 1.22. The summed E-state index contributed by atoms with van der Waals surface area (Å²) in [5, 5.41) is 0. The summed E-state index contributed by atoms with van der Waals surface area (Å²) in [5.74, 6) is 0.582. The Morgan fingerprint density at radius 1 is 0.815 bits per heavy atom. The molecule has 3 heterocycles. The zero-order valence-corrected chi connectivity index (χ0v) is 31.4. The van der Waals surface area contributed by atoms with Gasteiger partial charge in [-0.3, -0.25) is 9.40 Å². The van der Waals surface area contributed by atoms with Crippen LogP contribution in [-0.4, -0.2) is 67.2 Å². The van der Waals surface area contributed by atoms with E-state index in [1.165, 1.54) is 4.57 Å². The van der Waals surface area contributed by atoms with E-state index in [4.69, 9.17) is 38.0 Å². The summed E-state index contributed by atoms with van der Waals surface area (Å²) in [7, 11) is 3.22. The maximum absolute atomic E-state index is 13.7. The van der Waals surface area contributed by atoms with Crippen LogP contribution in [0.2, 0.25) is 0 Å². The van der Waals surface area contributed by atoms with E-state index in [1.54, 1.807) is 40.3 Å². The summed E-state index contributed by atoms with van der Waals surface area (Å²) in [6, 6.07) is 26.5. The molecule has 2 saturated heterocycles. The maximum Gasteiger partial charge on any atom is 0.508 e. The molecular formula is C41H49N3O10. The van der Waals surface area contributed by atoms with Gasteiger partial charge in [0.2, 0.25) is 0 Å². The molecule has 0 aliphatic carbocycles. The van der Waals surface area contributed by atoms with Gasteiger partial charge < -0.3 is 33.2 Å². The number of unbranched alkanes of at least 4 members (excludes halogenated alkanes) is 4. The second-order valence-corrected chi connectivity index (χ2v) is 13.7. The fourth-order valence-corrected chi connectivity index (χ4v) is 6.86. The molecule has 1 aromatic heterocycles. The Labute approximate surface area is 315 Å². The van der Waals surface area contributed by atoms with Crippen molar-refractivity contribution in [3.63, 3.8) is 0 Å². The number of methoxy groups -OCH3 is 2. The van der Waals surface area contributed by atoms with Gasteiger partial charge in [0, 0.05) is 6.20 Å². The highest BCUT2D eigenvalue weighted by Gasteiger charge is 2.56. The van der Waals surface area contributed by atoms with Crippen LogP contribution < -0.4 is 20.6 Å². The van der Waals surface area contributed by atoms with Crippen molar-refractivity contribution in [1.29, 1.82) is 0 Å². The Morgan fingerprint density at radius 3 is 2.04 bits per heavy atom. The van der Waals surface area contributed by atoms with Gasteiger partial charge in [-0.15, -0.1) is 0 Å². The molecule has 0 spiro atoms. The van der Waals surface area contributed by atoms with Crippen LogP contribution in [-0.2, 0) is 34.1 Å². The standard InChI is InChI=1S/C41H49N3O10/c1-6-7-8-9-13-26-49-39(46)50-27-33-35-36(53-40(2,3)52-35)37(51-33)44-25-24-34(42-38(44)45)43-54-41(28-14-11-10-12-15-28,29-16-20-31(47-4)21-17-29)30-18-22-32(48-5)23-19-30/h10-12,14-25,33,35-37H,6-9,13,26-27H2,1-5H3,(H,42,43,45)/t33-,35?,36+,37-/m1/s1. The lowest BCUT2D eigenvalue weighted by Crippen LogP contribution is -2.37. The zero-order chi connectivity index (χ0) is 38.1. The average Bonchev–Trinajstić information content (AvgIpc) is 3.68. The highest BCUT2D eigenvalue weighted by molar-refractivity contribution is 5.59. The third-order valence-electron chi connectivity index (χ3n) is 9.54. The van der Waals surface area contributed by atoms with Crippen LogP contribution in [0, 0.1) is 0 Å². The molecule has 1 unspecified atom stereocenters. The molecule has 1 N–H and O–H groups in total. The van der Waals surface area contributed by atoms with Gasteiger partial charge in [-0.25, -0.2) is 15.1 Å². The molecule has 0 radical (unpaired) electrons. The number of anilines is 1. The second-order valence-electron chi connectivity index (χ2n) is 13.7. The van der Waals surface area contributed by atoms with E-state index in [9.17, 15) is 9.59 Å². The Bertz CT molecular complexity index is 1820. The van der Waals surface area contributed by atoms with Gasteiger partial charge >= 0.3 is 11.8 Å². The number of benzene rings is 3. The lowest BCUT2D eigenvalue weighted by Gasteiger charge is -2.35. The lowest BCUT2D eigenvalue weighted by molar-refractivity contribution is -0.201. The Hall–Kier alpha value is -4.95. The van der Waals surface area contributed by atoms with Gasteiger partial charge in [0.1, 0.15) is 36.4 Å². The molecule has 0 bridgehead atoms. The first kappa shape index (κ1) is 38.8. The van der Waals surface area contributed by atoms with Crippen molar-refractivity contribution in [2.45, 2.75) is 88.8 Å². The minimum atomic E-state index is -1.21. The summed E-state index contributed by atoms with van der Waals surface area (Å²) in [6.07, 6.45) is 3.02. The predicted molar refractivity (Wildman–Crippen MR) is 199 cm³/mol. The van der Waals surface area contributed by atoms with Gasteiger partial charge in [0.15, 0.2) is 23.4 Å². The first-order chi connectivity index (χ1) is 26.2. The number of aromatic nitrogens is 2. The third kappa shape index (κ3) is 8.71. The largest absolute Gasteiger partial charge is 0.508 e. The number of ether oxygens (including phenoxy) is 7. The van der Waals surface area contributed by atoms with E-state index in [0.29, 0.717) is 11.5 Å². The van der Waals surface area contributed by atoms with Gasteiger partial charge in [0.05, 0.1) is 20.8 Å². The lowest BCUT2D eigenvalue weighted by atomic mass is 9.80. The summed E-state index contributed by atoms with van der Waals surface area (Å²) in [4.78, 5) is 37.0. The molecule has 4 atom stereocenters. The fourth-order valence-electron chi connectivity index (χ4n) is 6.86. The van der Waals surface area contributed by atoms with Crippen molar-refractivity contribution in [2.75, 3.05) is 32.9 Å². The normalized spacial score (nSPS) is 20.2. The predicted octanol–water partition coefficient (Wildman–Crippen LogP) is 7.14. The van der Waals surface area contributed by atoms with Gasteiger partial charge in [-0.05, 0) is 67.3 Å². The number of nitrogens with one attached hydrogen (secondary N) is 1. The summed E-state index contributed by atoms with van der Waals surface area (Å²) < 4.78 is 41.4. The number of nitrogens with zero attached hydrogens (tertiary/aromatic N) is 2. The molecule has 2 aliphatic rings. The molecule has 2 fully saturated rings. The topological polar surface area (TPSA) is 138 Å². The zero-order valence-electron chi connectivity index (χ0n) is 31.4. The highest BCUT2D eigenvalue weighted by atomic mass is 16.8. The molecule has 13 nitrogen and oxygen atoms in total. The third-order valence-corrected chi connectivity index (χ3v) is 9.54. The maximum atomic E-state index is 13.7. The minimum Gasteiger partial charge on any atom is -0.497 e. The van der Waals surface area contributed by atoms with E-state index in [0.717, 1.165) is 48.8 Å². The van der Waals surface area contributed by atoms with E-state index in [1.807, 2.05) is 78.9 Å². The van der Waals surface area contributed by atoms with E-state index < -0.39 is 47.8 Å². The van der Waals surface area contributed by atoms with Gasteiger partial charge in [0.25, 0.3) is 0 Å². The van der Waals surface area contributed by atoms with Crippen molar-refractivity contribution in [1.82, 2.24) is 9.55 Å². The van der Waals surface area contributed by atoms with Crippen LogP contribution in [0.15, 0.2) is 95.9 Å². The minimum absolute atomic E-state index is 0.139. The monoisotopic (exact) mass is 743 g/mol. The molecular weight excluding hydrogens is 694 g/mol. The van der Waals surface area contributed by atoms with Gasteiger partial charge in [-0.2, -0.15) is 4.98 Å². The van der Waals surface area contributed by atoms with Crippen molar-refractivity contribution in [2.24, 2.45) is 0 Å². The molecule has 0 saturated carbocycles. The number of hydrogen-bond acceptors (Lipinski definition) is 12. The second kappa shape index (κ2) is 17.5. The molecule has 2 aliphatic heterocycles. The van der Waals surface area contributed by atoms with E-state index in [-0.39, 0.29) is 19.0 Å². The van der Waals surface area contributed by atoms with Crippen molar-refractivity contribution >= 4 is 12.0 Å². The van der Waals surface area contributed by atoms with Crippen LogP contribution in [0.4, 0.5) is 10.6 Å². The summed E-state index contributed by atoms with van der Waals surface area (Å²) >= 11 is 0. The van der Waals surface area contributed by atoms with Crippen LogP contribution in [0.25, 0.3) is 0 Å². The number of fused-ring (bicyclic) bond motifs is 1. The van der Waals surface area contributed by atoms with E-state index in [2.05, 4.69) is 17.4 Å². The number of hydrogen-bond donors (Lipinski definition) is 1.